The Morgan fingerprint density at radius 2 is 1.78 bits per heavy atom. The first-order chi connectivity index (χ1) is 8.62. The van der Waals surface area contributed by atoms with E-state index in [0.717, 1.165) is 39.1 Å². The van der Waals surface area contributed by atoms with Crippen molar-refractivity contribution in [1.82, 2.24) is 4.90 Å². The van der Waals surface area contributed by atoms with Crippen molar-refractivity contribution in [3.8, 4) is 0 Å². The molecule has 2 rings (SSSR count). The number of ether oxygens (including phenoxy) is 1. The highest BCUT2D eigenvalue weighted by molar-refractivity contribution is 4.93. The number of hydrogen-bond donors (Lipinski definition) is 1. The third-order valence-electron chi connectivity index (χ3n) is 4.79. The minimum Gasteiger partial charge on any atom is -0.391 e. The topological polar surface area (TPSA) is 32.7 Å². The largest absolute Gasteiger partial charge is 0.391 e. The van der Waals surface area contributed by atoms with Gasteiger partial charge in [-0.15, -0.1) is 0 Å². The Labute approximate surface area is 112 Å². The van der Waals surface area contributed by atoms with Gasteiger partial charge in [-0.2, -0.15) is 0 Å². The van der Waals surface area contributed by atoms with E-state index in [1.807, 2.05) is 0 Å². The van der Waals surface area contributed by atoms with E-state index in [-0.39, 0.29) is 11.6 Å². The molecule has 0 spiro atoms. The molecule has 2 aliphatic heterocycles. The van der Waals surface area contributed by atoms with E-state index in [0.29, 0.717) is 5.92 Å². The molecule has 0 bridgehead atoms. The summed E-state index contributed by atoms with van der Waals surface area (Å²) in [4.78, 5) is 2.50. The first-order valence-corrected chi connectivity index (χ1v) is 7.63. The van der Waals surface area contributed by atoms with Crippen LogP contribution in [-0.2, 0) is 4.74 Å². The minimum atomic E-state index is -0.268. The zero-order valence-corrected chi connectivity index (χ0v) is 12.0. The lowest BCUT2D eigenvalue weighted by atomic mass is 9.82. The van der Waals surface area contributed by atoms with E-state index in [1.165, 1.54) is 25.7 Å². The van der Waals surface area contributed by atoms with Gasteiger partial charge < -0.3 is 9.84 Å². The second kappa shape index (κ2) is 6.36. The van der Waals surface area contributed by atoms with Crippen LogP contribution in [0.1, 0.15) is 52.4 Å². The third-order valence-corrected chi connectivity index (χ3v) is 4.79. The summed E-state index contributed by atoms with van der Waals surface area (Å²) in [6, 6.07) is 0. The minimum absolute atomic E-state index is 0.115. The smallest absolute Gasteiger partial charge is 0.0768 e. The average molecular weight is 255 g/mol. The van der Waals surface area contributed by atoms with Gasteiger partial charge in [0.15, 0.2) is 0 Å². The molecule has 0 aromatic carbocycles. The van der Waals surface area contributed by atoms with Crippen molar-refractivity contribution < 1.29 is 9.84 Å². The van der Waals surface area contributed by atoms with E-state index >= 15 is 0 Å². The second-order valence-electron chi connectivity index (χ2n) is 6.48. The molecule has 18 heavy (non-hydrogen) atoms. The molecule has 2 atom stereocenters. The quantitative estimate of drug-likeness (QED) is 0.840. The van der Waals surface area contributed by atoms with Crippen molar-refractivity contribution in [3.05, 3.63) is 0 Å². The first kappa shape index (κ1) is 14.3. The average Bonchev–Trinajstić information content (AvgIpc) is 2.68. The van der Waals surface area contributed by atoms with Crippen molar-refractivity contribution in [3.63, 3.8) is 0 Å². The van der Waals surface area contributed by atoms with Gasteiger partial charge in [-0.1, -0.05) is 12.8 Å². The Morgan fingerprint density at radius 1 is 1.11 bits per heavy atom. The van der Waals surface area contributed by atoms with E-state index in [9.17, 15) is 5.11 Å². The summed E-state index contributed by atoms with van der Waals surface area (Å²) >= 11 is 0. The lowest BCUT2D eigenvalue weighted by Crippen LogP contribution is -2.56. The highest BCUT2D eigenvalue weighted by Crippen LogP contribution is 2.30. The maximum atomic E-state index is 10.7. The van der Waals surface area contributed by atoms with Crippen LogP contribution in [0.3, 0.4) is 0 Å². The molecule has 2 heterocycles. The second-order valence-corrected chi connectivity index (χ2v) is 6.48. The van der Waals surface area contributed by atoms with Crippen molar-refractivity contribution in [2.75, 3.05) is 26.3 Å². The summed E-state index contributed by atoms with van der Waals surface area (Å²) in [6.07, 6.45) is 7.17. The molecule has 0 saturated carbocycles. The van der Waals surface area contributed by atoms with Crippen molar-refractivity contribution in [2.45, 2.75) is 64.0 Å². The van der Waals surface area contributed by atoms with E-state index in [4.69, 9.17) is 4.74 Å². The number of hydrogen-bond acceptors (Lipinski definition) is 3. The number of likely N-dealkylation sites (tertiary alicyclic amines) is 1. The molecule has 0 radical (unpaired) electrons. The van der Waals surface area contributed by atoms with Crippen LogP contribution >= 0.6 is 0 Å². The standard InChI is InChI=1S/C15H29NO2/c1-15(2,16-9-5-3-4-6-10-16)14(17)13-8-7-11-18-12-13/h13-14,17H,3-12H2,1-2H3. The Hall–Kier alpha value is -0.120. The van der Waals surface area contributed by atoms with Crippen molar-refractivity contribution >= 4 is 0 Å². The summed E-state index contributed by atoms with van der Waals surface area (Å²) in [6.45, 7) is 8.29. The summed E-state index contributed by atoms with van der Waals surface area (Å²) in [7, 11) is 0. The predicted octanol–water partition coefficient (Wildman–Crippen LogP) is 2.43. The number of nitrogens with zero attached hydrogens (tertiary/aromatic N) is 1. The monoisotopic (exact) mass is 255 g/mol. The molecule has 1 N–H and O–H groups in total. The van der Waals surface area contributed by atoms with Crippen LogP contribution in [0, 0.1) is 5.92 Å². The summed E-state index contributed by atoms with van der Waals surface area (Å²) < 4.78 is 5.53. The summed E-state index contributed by atoms with van der Waals surface area (Å²) in [5, 5.41) is 10.7. The Kier molecular flexibility index (Phi) is 5.05. The van der Waals surface area contributed by atoms with Crippen LogP contribution in [-0.4, -0.2) is 48.0 Å². The molecule has 0 aliphatic carbocycles. The van der Waals surface area contributed by atoms with Crippen LogP contribution < -0.4 is 0 Å². The van der Waals surface area contributed by atoms with Crippen LogP contribution in [0.15, 0.2) is 0 Å². The van der Waals surface area contributed by atoms with Crippen LogP contribution in [0.25, 0.3) is 0 Å². The fourth-order valence-corrected chi connectivity index (χ4v) is 3.43. The molecule has 106 valence electrons. The zero-order valence-electron chi connectivity index (χ0n) is 12.0. The molecule has 2 saturated heterocycles. The molecule has 2 aliphatic rings. The first-order valence-electron chi connectivity index (χ1n) is 7.63. The van der Waals surface area contributed by atoms with Crippen molar-refractivity contribution in [1.29, 1.82) is 0 Å². The van der Waals surface area contributed by atoms with Gasteiger partial charge in [0.1, 0.15) is 0 Å². The van der Waals surface area contributed by atoms with E-state index in [1.54, 1.807) is 0 Å². The van der Waals surface area contributed by atoms with Crippen LogP contribution in [0.2, 0.25) is 0 Å². The lowest BCUT2D eigenvalue weighted by molar-refractivity contribution is -0.0801. The molecular formula is C15H29NO2. The molecule has 2 fully saturated rings. The predicted molar refractivity (Wildman–Crippen MR) is 73.7 cm³/mol. The summed E-state index contributed by atoms with van der Waals surface area (Å²) in [5.74, 6) is 0.317. The van der Waals surface area contributed by atoms with Gasteiger partial charge in [0.05, 0.1) is 12.7 Å². The third kappa shape index (κ3) is 3.25. The molecule has 0 aromatic heterocycles. The molecule has 3 heteroatoms. The highest BCUT2D eigenvalue weighted by atomic mass is 16.5. The molecule has 3 nitrogen and oxygen atoms in total. The summed E-state index contributed by atoms with van der Waals surface area (Å²) in [5.41, 5.74) is -0.115. The highest BCUT2D eigenvalue weighted by Gasteiger charge is 2.39. The maximum Gasteiger partial charge on any atom is 0.0768 e. The van der Waals surface area contributed by atoms with E-state index < -0.39 is 0 Å². The molecule has 0 amide bonds. The van der Waals surface area contributed by atoms with Crippen molar-refractivity contribution in [2.24, 2.45) is 5.92 Å². The number of rotatable bonds is 3. The van der Waals surface area contributed by atoms with Gasteiger partial charge in [-0.3, -0.25) is 4.90 Å². The Balaban J connectivity index is 1.98. The van der Waals surface area contributed by atoms with Gasteiger partial charge in [-0.25, -0.2) is 0 Å². The maximum absolute atomic E-state index is 10.7. The zero-order chi connectivity index (χ0) is 13.0. The van der Waals surface area contributed by atoms with Gasteiger partial charge in [-0.05, 0) is 52.6 Å². The SMILES string of the molecule is CC(C)(C(O)C1CCCOC1)N1CCCCCC1. The molecule has 0 aromatic rings. The van der Waals surface area contributed by atoms with Crippen LogP contribution in [0.5, 0.6) is 0 Å². The number of aliphatic hydroxyl groups excluding tert-OH is 1. The fourth-order valence-electron chi connectivity index (χ4n) is 3.43. The van der Waals surface area contributed by atoms with E-state index in [2.05, 4.69) is 18.7 Å². The Bertz CT molecular complexity index is 241. The van der Waals surface area contributed by atoms with Gasteiger partial charge >= 0.3 is 0 Å². The van der Waals surface area contributed by atoms with Gasteiger partial charge in [0, 0.05) is 18.1 Å². The Morgan fingerprint density at radius 3 is 2.33 bits per heavy atom. The van der Waals surface area contributed by atoms with Gasteiger partial charge in [0.25, 0.3) is 0 Å². The molecular weight excluding hydrogens is 226 g/mol. The lowest BCUT2D eigenvalue weighted by Gasteiger charge is -2.45. The van der Waals surface area contributed by atoms with Gasteiger partial charge in [0.2, 0.25) is 0 Å². The number of aliphatic hydroxyl groups is 1. The molecule has 2 unspecified atom stereocenters. The fraction of sp³-hybridized carbons (Fsp3) is 1.00. The normalized spacial score (nSPS) is 29.8. The van der Waals surface area contributed by atoms with Crippen LogP contribution in [0.4, 0.5) is 0 Å².